The number of terminal acetylenes is 1. The molecule has 1 aromatic heterocycles. The number of nitrogens with one attached hydrogen (secondary N) is 1. The molecule has 0 aromatic carbocycles. The van der Waals surface area contributed by atoms with Crippen LogP contribution in [-0.2, 0) is 6.42 Å². The van der Waals surface area contributed by atoms with E-state index in [0.717, 1.165) is 42.9 Å². The highest BCUT2D eigenvalue weighted by molar-refractivity contribution is 7.08. The largest absolute Gasteiger partial charge is 0.351 e. The van der Waals surface area contributed by atoms with Gasteiger partial charge in [0.15, 0.2) is 0 Å². The smallest absolute Gasteiger partial charge is 0.264 e. The van der Waals surface area contributed by atoms with Crippen LogP contribution in [0.3, 0.4) is 0 Å². The Hall–Kier alpha value is -1.41. The molecule has 0 saturated heterocycles. The number of nitrogens with zero attached hydrogens (tertiary/aromatic N) is 2. The number of aromatic nitrogens is 2. The van der Waals surface area contributed by atoms with Crippen LogP contribution in [0.15, 0.2) is 0 Å². The van der Waals surface area contributed by atoms with E-state index < -0.39 is 0 Å². The summed E-state index contributed by atoms with van der Waals surface area (Å²) in [6, 6.07) is 0. The van der Waals surface area contributed by atoms with Crippen molar-refractivity contribution < 1.29 is 4.79 Å². The van der Waals surface area contributed by atoms with Crippen LogP contribution < -0.4 is 5.32 Å². The molecular formula is C11H15N3OS. The molecule has 5 heteroatoms. The molecule has 1 heterocycles. The van der Waals surface area contributed by atoms with Gasteiger partial charge in [0.2, 0.25) is 0 Å². The fourth-order valence-electron chi connectivity index (χ4n) is 1.25. The maximum Gasteiger partial charge on any atom is 0.264 e. The van der Waals surface area contributed by atoms with Gasteiger partial charge in [0.25, 0.3) is 5.91 Å². The molecule has 16 heavy (non-hydrogen) atoms. The maximum atomic E-state index is 11.7. The van der Waals surface area contributed by atoms with Crippen molar-refractivity contribution in [3.63, 3.8) is 0 Å². The van der Waals surface area contributed by atoms with Gasteiger partial charge in [0, 0.05) is 13.0 Å². The average Bonchev–Trinajstić information content (AvgIpc) is 2.76. The normalized spacial score (nSPS) is 9.75. The molecule has 0 bridgehead atoms. The van der Waals surface area contributed by atoms with Crippen LogP contribution in [0.4, 0.5) is 0 Å². The third-order valence-electron chi connectivity index (χ3n) is 2.13. The predicted molar refractivity (Wildman–Crippen MR) is 64.3 cm³/mol. The van der Waals surface area contributed by atoms with Gasteiger partial charge in [-0.2, -0.15) is 0 Å². The standard InChI is InChI=1S/C11H15N3OS/c1-3-5-6-7-8-12-11(15)10-9(4-2)13-14-16-10/h1H,4-8H2,2H3,(H,12,15). The van der Waals surface area contributed by atoms with E-state index in [9.17, 15) is 4.79 Å². The highest BCUT2D eigenvalue weighted by Gasteiger charge is 2.13. The van der Waals surface area contributed by atoms with Gasteiger partial charge in [0.1, 0.15) is 4.88 Å². The number of carbonyl (C=O) groups excluding carboxylic acids is 1. The van der Waals surface area contributed by atoms with Gasteiger partial charge in [-0.3, -0.25) is 4.79 Å². The lowest BCUT2D eigenvalue weighted by Crippen LogP contribution is -2.24. The summed E-state index contributed by atoms with van der Waals surface area (Å²) in [5.74, 6) is 2.49. The quantitative estimate of drug-likeness (QED) is 0.604. The third kappa shape index (κ3) is 3.63. The van der Waals surface area contributed by atoms with Crippen LogP contribution >= 0.6 is 11.5 Å². The summed E-state index contributed by atoms with van der Waals surface area (Å²) in [6.07, 6.45) is 8.48. The fraction of sp³-hybridized carbons (Fsp3) is 0.545. The van der Waals surface area contributed by atoms with Gasteiger partial charge in [0.05, 0.1) is 5.69 Å². The summed E-state index contributed by atoms with van der Waals surface area (Å²) in [5, 5.41) is 6.74. The number of rotatable bonds is 6. The van der Waals surface area contributed by atoms with Crippen LogP contribution in [0, 0.1) is 12.3 Å². The molecule has 0 saturated carbocycles. The first-order valence-corrected chi connectivity index (χ1v) is 6.09. The minimum Gasteiger partial charge on any atom is -0.351 e. The van der Waals surface area contributed by atoms with Gasteiger partial charge in [-0.1, -0.05) is 11.4 Å². The van der Waals surface area contributed by atoms with Crippen LogP contribution in [0.5, 0.6) is 0 Å². The number of amides is 1. The first-order chi connectivity index (χ1) is 7.79. The predicted octanol–water partition coefficient (Wildman–Crippen LogP) is 1.63. The van der Waals surface area contributed by atoms with Crippen molar-refractivity contribution in [1.29, 1.82) is 0 Å². The molecule has 0 aliphatic heterocycles. The summed E-state index contributed by atoms with van der Waals surface area (Å²) in [4.78, 5) is 12.3. The summed E-state index contributed by atoms with van der Waals surface area (Å²) >= 11 is 1.15. The molecule has 4 nitrogen and oxygen atoms in total. The lowest BCUT2D eigenvalue weighted by atomic mass is 10.2. The number of carbonyl (C=O) groups is 1. The number of unbranched alkanes of at least 4 members (excludes halogenated alkanes) is 2. The second kappa shape index (κ2) is 6.96. The molecule has 0 fully saturated rings. The Morgan fingerprint density at radius 1 is 1.56 bits per heavy atom. The van der Waals surface area contributed by atoms with Crippen molar-refractivity contribution in [2.75, 3.05) is 6.54 Å². The summed E-state index contributed by atoms with van der Waals surface area (Å²) in [6.45, 7) is 2.61. The van der Waals surface area contributed by atoms with Crippen LogP contribution in [0.25, 0.3) is 0 Å². The zero-order chi connectivity index (χ0) is 11.8. The molecule has 0 atom stereocenters. The van der Waals surface area contributed by atoms with Crippen molar-refractivity contribution in [2.45, 2.75) is 32.6 Å². The Morgan fingerprint density at radius 3 is 3.06 bits per heavy atom. The molecule has 0 aliphatic carbocycles. The third-order valence-corrected chi connectivity index (χ3v) is 2.90. The van der Waals surface area contributed by atoms with Crippen molar-refractivity contribution in [3.05, 3.63) is 10.6 Å². The Kier molecular flexibility index (Phi) is 5.51. The average molecular weight is 237 g/mol. The minimum atomic E-state index is -0.0763. The molecule has 0 aliphatic rings. The van der Waals surface area contributed by atoms with Gasteiger partial charge < -0.3 is 5.32 Å². The molecule has 1 aromatic rings. The van der Waals surface area contributed by atoms with E-state index in [4.69, 9.17) is 6.42 Å². The molecule has 0 unspecified atom stereocenters. The van der Waals surface area contributed by atoms with E-state index in [1.807, 2.05) is 6.92 Å². The molecule has 0 spiro atoms. The summed E-state index contributed by atoms with van der Waals surface area (Å²) in [5.41, 5.74) is 0.770. The summed E-state index contributed by atoms with van der Waals surface area (Å²) in [7, 11) is 0. The maximum absolute atomic E-state index is 11.7. The van der Waals surface area contributed by atoms with E-state index >= 15 is 0 Å². The Bertz CT molecular complexity index is 381. The number of hydrogen-bond donors (Lipinski definition) is 1. The minimum absolute atomic E-state index is 0.0763. The van der Waals surface area contributed by atoms with E-state index in [-0.39, 0.29) is 5.91 Å². The van der Waals surface area contributed by atoms with Gasteiger partial charge >= 0.3 is 0 Å². The van der Waals surface area contributed by atoms with E-state index in [1.54, 1.807) is 0 Å². The topological polar surface area (TPSA) is 54.9 Å². The highest BCUT2D eigenvalue weighted by Crippen LogP contribution is 2.10. The van der Waals surface area contributed by atoms with Crippen LogP contribution in [0.2, 0.25) is 0 Å². The molecule has 0 radical (unpaired) electrons. The Morgan fingerprint density at radius 2 is 2.38 bits per heavy atom. The van der Waals surface area contributed by atoms with Gasteiger partial charge in [-0.25, -0.2) is 0 Å². The molecule has 1 N–H and O–H groups in total. The first-order valence-electron chi connectivity index (χ1n) is 5.32. The monoisotopic (exact) mass is 237 g/mol. The van der Waals surface area contributed by atoms with E-state index in [0.29, 0.717) is 11.4 Å². The SMILES string of the molecule is C#CCCCCNC(=O)c1snnc1CC. The Labute approximate surface area is 99.6 Å². The molecular weight excluding hydrogens is 222 g/mol. The number of aryl methyl sites for hydroxylation is 1. The van der Waals surface area contributed by atoms with E-state index in [2.05, 4.69) is 20.8 Å². The second-order valence-corrected chi connectivity index (χ2v) is 4.07. The van der Waals surface area contributed by atoms with Crippen molar-refractivity contribution in [1.82, 2.24) is 14.9 Å². The van der Waals surface area contributed by atoms with Gasteiger partial charge in [-0.05, 0) is 30.8 Å². The number of hydrogen-bond acceptors (Lipinski definition) is 4. The van der Waals surface area contributed by atoms with Crippen LogP contribution in [0.1, 0.15) is 41.6 Å². The van der Waals surface area contributed by atoms with Crippen molar-refractivity contribution >= 4 is 17.4 Å². The Balaban J connectivity index is 2.33. The fourth-order valence-corrected chi connectivity index (χ4v) is 1.91. The second-order valence-electron chi connectivity index (χ2n) is 3.32. The highest BCUT2D eigenvalue weighted by atomic mass is 32.1. The van der Waals surface area contributed by atoms with Crippen molar-refractivity contribution in [2.24, 2.45) is 0 Å². The zero-order valence-electron chi connectivity index (χ0n) is 9.32. The lowest BCUT2D eigenvalue weighted by Gasteiger charge is -2.02. The zero-order valence-corrected chi connectivity index (χ0v) is 10.1. The summed E-state index contributed by atoms with van der Waals surface area (Å²) < 4.78 is 3.78. The molecule has 1 rings (SSSR count). The lowest BCUT2D eigenvalue weighted by molar-refractivity contribution is 0.0956. The van der Waals surface area contributed by atoms with Crippen LogP contribution in [-0.4, -0.2) is 22.0 Å². The molecule has 1 amide bonds. The van der Waals surface area contributed by atoms with Crippen molar-refractivity contribution in [3.8, 4) is 12.3 Å². The van der Waals surface area contributed by atoms with Gasteiger partial charge in [-0.15, -0.1) is 17.4 Å². The van der Waals surface area contributed by atoms with E-state index in [1.165, 1.54) is 0 Å². The first kappa shape index (κ1) is 12.7. The molecule has 86 valence electrons.